The zero-order chi connectivity index (χ0) is 13.7. The van der Waals surface area contributed by atoms with E-state index in [1.54, 1.807) is 7.11 Å². The molecule has 0 heterocycles. The number of para-hydroxylation sites is 1. The third-order valence-electron chi connectivity index (χ3n) is 4.21. The Labute approximate surface area is 116 Å². The smallest absolute Gasteiger partial charge is 0.123 e. The molecule has 0 aromatic heterocycles. The van der Waals surface area contributed by atoms with Gasteiger partial charge in [-0.2, -0.15) is 0 Å². The van der Waals surface area contributed by atoms with Gasteiger partial charge < -0.3 is 10.5 Å². The van der Waals surface area contributed by atoms with Gasteiger partial charge in [-0.25, -0.2) is 0 Å². The van der Waals surface area contributed by atoms with Crippen LogP contribution in [0.3, 0.4) is 0 Å². The first kappa shape index (κ1) is 14.4. The van der Waals surface area contributed by atoms with E-state index in [-0.39, 0.29) is 0 Å². The Morgan fingerprint density at radius 1 is 1.21 bits per heavy atom. The number of benzene rings is 1. The van der Waals surface area contributed by atoms with Gasteiger partial charge in [-0.15, -0.1) is 0 Å². The molecule has 0 bridgehead atoms. The number of hydrogen-bond acceptors (Lipinski definition) is 3. The highest BCUT2D eigenvalue weighted by atomic mass is 16.5. The van der Waals surface area contributed by atoms with Gasteiger partial charge in [0.2, 0.25) is 0 Å². The Balaban J connectivity index is 2.04. The van der Waals surface area contributed by atoms with Crippen molar-refractivity contribution < 1.29 is 4.74 Å². The molecule has 1 aliphatic carbocycles. The first-order chi connectivity index (χ1) is 9.22. The van der Waals surface area contributed by atoms with E-state index >= 15 is 0 Å². The molecule has 0 saturated heterocycles. The molecule has 0 aliphatic heterocycles. The number of nitrogens with two attached hydrogens (primary N) is 1. The van der Waals surface area contributed by atoms with Gasteiger partial charge in [0.15, 0.2) is 0 Å². The molecule has 0 spiro atoms. The number of ether oxygens (including phenoxy) is 1. The van der Waals surface area contributed by atoms with E-state index in [1.807, 2.05) is 12.1 Å². The normalized spacial score (nSPS) is 24.2. The molecule has 1 aromatic carbocycles. The van der Waals surface area contributed by atoms with Gasteiger partial charge in [-0.05, 0) is 26.0 Å². The van der Waals surface area contributed by atoms with Crippen LogP contribution in [0, 0.1) is 0 Å². The molecule has 3 nitrogen and oxygen atoms in total. The van der Waals surface area contributed by atoms with Crippen molar-refractivity contribution in [2.75, 3.05) is 14.2 Å². The highest BCUT2D eigenvalue weighted by molar-refractivity contribution is 5.33. The van der Waals surface area contributed by atoms with E-state index in [0.29, 0.717) is 12.1 Å². The molecular weight excluding hydrogens is 236 g/mol. The lowest BCUT2D eigenvalue weighted by atomic mass is 10.0. The minimum absolute atomic E-state index is 0.308. The predicted molar refractivity (Wildman–Crippen MR) is 79.3 cm³/mol. The molecule has 2 rings (SSSR count). The largest absolute Gasteiger partial charge is 0.496 e. The predicted octanol–water partition coefficient (Wildman–Crippen LogP) is 2.79. The molecule has 1 saturated carbocycles. The fraction of sp³-hybridized carbons (Fsp3) is 0.625. The molecule has 0 amide bonds. The Morgan fingerprint density at radius 3 is 2.74 bits per heavy atom. The molecule has 2 unspecified atom stereocenters. The fourth-order valence-corrected chi connectivity index (χ4v) is 3.08. The Hall–Kier alpha value is -1.06. The Morgan fingerprint density at radius 2 is 1.95 bits per heavy atom. The first-order valence-electron chi connectivity index (χ1n) is 7.30. The fourth-order valence-electron chi connectivity index (χ4n) is 3.08. The summed E-state index contributed by atoms with van der Waals surface area (Å²) in [7, 11) is 3.92. The summed E-state index contributed by atoms with van der Waals surface area (Å²) in [4.78, 5) is 2.40. The molecule has 1 fully saturated rings. The molecule has 19 heavy (non-hydrogen) atoms. The Bertz CT molecular complexity index is 394. The van der Waals surface area contributed by atoms with Gasteiger partial charge in [-0.3, -0.25) is 4.90 Å². The second-order valence-electron chi connectivity index (χ2n) is 5.60. The van der Waals surface area contributed by atoms with E-state index in [9.17, 15) is 0 Å². The SMILES string of the molecule is COc1ccccc1CN(C)C1CCCCCC1N. The summed E-state index contributed by atoms with van der Waals surface area (Å²) in [6.45, 7) is 0.905. The summed E-state index contributed by atoms with van der Waals surface area (Å²) in [5.74, 6) is 0.969. The Kier molecular flexibility index (Phi) is 5.23. The van der Waals surface area contributed by atoms with Crippen LogP contribution in [0.15, 0.2) is 24.3 Å². The van der Waals surface area contributed by atoms with Crippen LogP contribution in [0.4, 0.5) is 0 Å². The number of rotatable bonds is 4. The molecule has 3 heteroatoms. The molecule has 0 radical (unpaired) electrons. The van der Waals surface area contributed by atoms with Crippen LogP contribution >= 0.6 is 0 Å². The maximum atomic E-state index is 6.33. The minimum atomic E-state index is 0.308. The van der Waals surface area contributed by atoms with E-state index in [1.165, 1.54) is 31.2 Å². The van der Waals surface area contributed by atoms with Crippen LogP contribution in [-0.4, -0.2) is 31.1 Å². The topological polar surface area (TPSA) is 38.5 Å². The first-order valence-corrected chi connectivity index (χ1v) is 7.30. The highest BCUT2D eigenvalue weighted by Crippen LogP contribution is 2.24. The van der Waals surface area contributed by atoms with Crippen LogP contribution in [0.1, 0.15) is 37.7 Å². The number of nitrogens with zero attached hydrogens (tertiary/aromatic N) is 1. The molecule has 1 aliphatic rings. The number of hydrogen-bond donors (Lipinski definition) is 1. The zero-order valence-corrected chi connectivity index (χ0v) is 12.1. The van der Waals surface area contributed by atoms with Crippen molar-refractivity contribution in [2.24, 2.45) is 5.73 Å². The van der Waals surface area contributed by atoms with E-state index in [4.69, 9.17) is 10.5 Å². The standard InChI is InChI=1S/C16H26N2O/c1-18(15-10-5-3-4-9-14(15)17)12-13-8-6-7-11-16(13)19-2/h6-8,11,14-15H,3-5,9-10,12,17H2,1-2H3. The molecule has 2 atom stereocenters. The van der Waals surface area contributed by atoms with Gasteiger partial charge in [-0.1, -0.05) is 37.5 Å². The summed E-state index contributed by atoms with van der Waals surface area (Å²) in [6.07, 6.45) is 6.27. The van der Waals surface area contributed by atoms with Crippen LogP contribution in [0.2, 0.25) is 0 Å². The van der Waals surface area contributed by atoms with Crippen molar-refractivity contribution in [3.8, 4) is 5.75 Å². The maximum absolute atomic E-state index is 6.33. The van der Waals surface area contributed by atoms with Gasteiger partial charge in [0.1, 0.15) is 5.75 Å². The quantitative estimate of drug-likeness (QED) is 0.848. The lowest BCUT2D eigenvalue weighted by Crippen LogP contribution is -2.45. The maximum Gasteiger partial charge on any atom is 0.123 e. The van der Waals surface area contributed by atoms with Gasteiger partial charge in [0.25, 0.3) is 0 Å². The van der Waals surface area contributed by atoms with Crippen LogP contribution in [0.5, 0.6) is 5.75 Å². The molecule has 106 valence electrons. The van der Waals surface area contributed by atoms with Crippen molar-refractivity contribution in [3.63, 3.8) is 0 Å². The second kappa shape index (κ2) is 6.92. The van der Waals surface area contributed by atoms with Crippen molar-refractivity contribution in [1.29, 1.82) is 0 Å². The van der Waals surface area contributed by atoms with Crippen LogP contribution in [0.25, 0.3) is 0 Å². The highest BCUT2D eigenvalue weighted by Gasteiger charge is 2.24. The van der Waals surface area contributed by atoms with Gasteiger partial charge in [0.05, 0.1) is 7.11 Å². The van der Waals surface area contributed by atoms with Gasteiger partial charge in [0, 0.05) is 24.2 Å². The van der Waals surface area contributed by atoms with Crippen molar-refractivity contribution in [1.82, 2.24) is 4.90 Å². The van der Waals surface area contributed by atoms with Crippen molar-refractivity contribution in [3.05, 3.63) is 29.8 Å². The van der Waals surface area contributed by atoms with E-state index in [2.05, 4.69) is 24.1 Å². The minimum Gasteiger partial charge on any atom is -0.496 e. The lowest BCUT2D eigenvalue weighted by molar-refractivity contribution is 0.191. The number of likely N-dealkylation sites (N-methyl/N-ethyl adjacent to an activating group) is 1. The van der Waals surface area contributed by atoms with Crippen molar-refractivity contribution >= 4 is 0 Å². The monoisotopic (exact) mass is 262 g/mol. The summed E-state index contributed by atoms with van der Waals surface area (Å²) in [6, 6.07) is 9.04. The average molecular weight is 262 g/mol. The van der Waals surface area contributed by atoms with Crippen LogP contribution < -0.4 is 10.5 Å². The third-order valence-corrected chi connectivity index (χ3v) is 4.21. The van der Waals surface area contributed by atoms with Crippen LogP contribution in [-0.2, 0) is 6.54 Å². The van der Waals surface area contributed by atoms with E-state index < -0.39 is 0 Å². The molecule has 2 N–H and O–H groups in total. The molecule has 1 aromatic rings. The third kappa shape index (κ3) is 3.71. The average Bonchev–Trinajstić information content (AvgIpc) is 2.64. The lowest BCUT2D eigenvalue weighted by Gasteiger charge is -2.31. The molecular formula is C16H26N2O. The second-order valence-corrected chi connectivity index (χ2v) is 5.60. The number of methoxy groups -OCH3 is 1. The summed E-state index contributed by atoms with van der Waals surface area (Å²) in [5.41, 5.74) is 7.57. The van der Waals surface area contributed by atoms with Gasteiger partial charge >= 0.3 is 0 Å². The summed E-state index contributed by atoms with van der Waals surface area (Å²) < 4.78 is 5.43. The van der Waals surface area contributed by atoms with Crippen molar-refractivity contribution in [2.45, 2.75) is 50.7 Å². The summed E-state index contributed by atoms with van der Waals surface area (Å²) >= 11 is 0. The zero-order valence-electron chi connectivity index (χ0n) is 12.1. The van der Waals surface area contributed by atoms with E-state index in [0.717, 1.165) is 18.7 Å². The summed E-state index contributed by atoms with van der Waals surface area (Å²) in [5, 5.41) is 0.